The maximum Gasteiger partial charge on any atom is 0.262 e. The van der Waals surface area contributed by atoms with Crippen LogP contribution in [0.1, 0.15) is 51.1 Å². The van der Waals surface area contributed by atoms with Crippen LogP contribution in [0.5, 0.6) is 11.5 Å². The summed E-state index contributed by atoms with van der Waals surface area (Å²) in [7, 11) is 3.05. The minimum Gasteiger partial charge on any atom is -0.497 e. The van der Waals surface area contributed by atoms with Crippen LogP contribution in [-0.4, -0.2) is 54.4 Å². The Morgan fingerprint density at radius 1 is 1.03 bits per heavy atom. The fourth-order valence-corrected chi connectivity index (χ4v) is 4.35. The molecule has 0 saturated heterocycles. The molecule has 1 N–H and O–H groups in total. The van der Waals surface area contributed by atoms with E-state index in [0.29, 0.717) is 22.6 Å². The van der Waals surface area contributed by atoms with Crippen molar-refractivity contribution in [1.82, 2.24) is 10.2 Å². The number of rotatable bonds is 7. The average molecular weight is 464 g/mol. The summed E-state index contributed by atoms with van der Waals surface area (Å²) in [6, 6.07) is 9.05. The van der Waals surface area contributed by atoms with Gasteiger partial charge in [-0.1, -0.05) is 12.1 Å². The molecule has 2 aromatic rings. The minimum atomic E-state index is -0.935. The topological polar surface area (TPSA) is 119 Å². The summed E-state index contributed by atoms with van der Waals surface area (Å²) in [5.41, 5.74) is 1.54. The molecule has 1 aliphatic carbocycles. The summed E-state index contributed by atoms with van der Waals surface area (Å²) in [5, 5.41) is 2.78. The number of nitrogens with one attached hydrogen (secondary N) is 1. The van der Waals surface area contributed by atoms with Gasteiger partial charge < -0.3 is 14.8 Å². The Hall–Kier alpha value is -4.01. The lowest BCUT2D eigenvalue weighted by molar-refractivity contribution is -0.132. The van der Waals surface area contributed by atoms with Crippen LogP contribution in [0.15, 0.2) is 36.4 Å². The van der Waals surface area contributed by atoms with Gasteiger partial charge in [0.25, 0.3) is 11.8 Å². The second-order valence-corrected chi connectivity index (χ2v) is 8.23. The first kappa shape index (κ1) is 23.2. The molecule has 176 valence electrons. The van der Waals surface area contributed by atoms with Crippen molar-refractivity contribution in [2.45, 2.75) is 38.3 Å². The van der Waals surface area contributed by atoms with Crippen LogP contribution in [0, 0.1) is 0 Å². The Labute approximate surface area is 196 Å². The Bertz CT molecular complexity index is 1180. The van der Waals surface area contributed by atoms with Gasteiger partial charge in [-0.15, -0.1) is 0 Å². The Morgan fingerprint density at radius 3 is 2.38 bits per heavy atom. The number of ether oxygens (including phenoxy) is 2. The standard InChI is InChI=1S/C25H24N2O7/c1-33-17-8-14(9-18(12-17)34-2)10-22(30)26-13-15-4-3-5-19-23(15)25(32)27(24(19)31)20-7-6-16(28)11-21(20)29/h3-5,8-9,12,20H,6-7,10-11,13H2,1-2H3,(H,26,30). The molecule has 1 saturated carbocycles. The van der Waals surface area contributed by atoms with Gasteiger partial charge >= 0.3 is 0 Å². The van der Waals surface area contributed by atoms with Crippen LogP contribution >= 0.6 is 0 Å². The zero-order chi connectivity index (χ0) is 24.4. The second kappa shape index (κ2) is 9.46. The van der Waals surface area contributed by atoms with Crippen LogP contribution < -0.4 is 14.8 Å². The van der Waals surface area contributed by atoms with Gasteiger partial charge in [0, 0.05) is 19.0 Å². The van der Waals surface area contributed by atoms with E-state index in [1.54, 1.807) is 30.3 Å². The fourth-order valence-electron chi connectivity index (χ4n) is 4.35. The van der Waals surface area contributed by atoms with Crippen molar-refractivity contribution in [2.75, 3.05) is 14.2 Å². The van der Waals surface area contributed by atoms with Gasteiger partial charge in [0.1, 0.15) is 17.3 Å². The van der Waals surface area contributed by atoms with Crippen molar-refractivity contribution in [3.8, 4) is 11.5 Å². The predicted octanol–water partition coefficient (Wildman–Crippen LogP) is 1.85. The molecular formula is C25H24N2O7. The third-order valence-corrected chi connectivity index (χ3v) is 6.04. The molecule has 34 heavy (non-hydrogen) atoms. The van der Waals surface area contributed by atoms with E-state index in [4.69, 9.17) is 9.47 Å². The van der Waals surface area contributed by atoms with Crippen molar-refractivity contribution in [3.63, 3.8) is 0 Å². The van der Waals surface area contributed by atoms with Crippen LogP contribution in [0.4, 0.5) is 0 Å². The summed E-state index contributed by atoms with van der Waals surface area (Å²) in [6.45, 7) is 0.0348. The lowest BCUT2D eigenvalue weighted by Crippen LogP contribution is -2.47. The maximum atomic E-state index is 13.2. The molecule has 4 rings (SSSR count). The molecule has 1 fully saturated rings. The fraction of sp³-hybridized carbons (Fsp3) is 0.320. The van der Waals surface area contributed by atoms with E-state index in [-0.39, 0.29) is 55.0 Å². The first-order chi connectivity index (χ1) is 16.3. The molecule has 1 atom stereocenters. The summed E-state index contributed by atoms with van der Waals surface area (Å²) in [4.78, 5) is 63.6. The number of hydrogen-bond acceptors (Lipinski definition) is 7. The SMILES string of the molecule is COc1cc(CC(=O)NCc2cccc3c2C(=O)N(C2CCC(=O)CC2=O)C3=O)cc(OC)c1. The van der Waals surface area contributed by atoms with Crippen molar-refractivity contribution < 1.29 is 33.4 Å². The van der Waals surface area contributed by atoms with E-state index in [2.05, 4.69) is 5.32 Å². The predicted molar refractivity (Wildman–Crippen MR) is 120 cm³/mol. The van der Waals surface area contributed by atoms with E-state index in [1.165, 1.54) is 20.3 Å². The lowest BCUT2D eigenvalue weighted by Gasteiger charge is -2.27. The third-order valence-electron chi connectivity index (χ3n) is 6.04. The second-order valence-electron chi connectivity index (χ2n) is 8.23. The highest BCUT2D eigenvalue weighted by atomic mass is 16.5. The smallest absolute Gasteiger partial charge is 0.262 e. The molecule has 1 aliphatic heterocycles. The van der Waals surface area contributed by atoms with E-state index in [9.17, 15) is 24.0 Å². The van der Waals surface area contributed by atoms with Crippen LogP contribution in [0.3, 0.4) is 0 Å². The van der Waals surface area contributed by atoms with Crippen LogP contribution in [-0.2, 0) is 27.3 Å². The number of benzene rings is 2. The molecule has 3 amide bonds. The molecule has 2 aliphatic rings. The van der Waals surface area contributed by atoms with Crippen molar-refractivity contribution in [2.24, 2.45) is 0 Å². The van der Waals surface area contributed by atoms with E-state index >= 15 is 0 Å². The number of ketones is 2. The van der Waals surface area contributed by atoms with Gasteiger partial charge in [0.05, 0.1) is 44.2 Å². The first-order valence-electron chi connectivity index (χ1n) is 10.8. The van der Waals surface area contributed by atoms with Crippen LogP contribution in [0.2, 0.25) is 0 Å². The van der Waals surface area contributed by atoms with Gasteiger partial charge in [0.15, 0.2) is 5.78 Å². The molecule has 9 nitrogen and oxygen atoms in total. The summed E-state index contributed by atoms with van der Waals surface area (Å²) in [5.74, 6) is -0.899. The quantitative estimate of drug-likeness (QED) is 0.491. The highest BCUT2D eigenvalue weighted by Crippen LogP contribution is 2.31. The highest BCUT2D eigenvalue weighted by molar-refractivity contribution is 6.24. The largest absolute Gasteiger partial charge is 0.497 e. The third kappa shape index (κ3) is 4.41. The number of hydrogen-bond donors (Lipinski definition) is 1. The number of carbonyl (C=O) groups is 5. The van der Waals surface area contributed by atoms with Crippen molar-refractivity contribution >= 4 is 29.3 Å². The Morgan fingerprint density at radius 2 is 1.74 bits per heavy atom. The minimum absolute atomic E-state index is 0.0348. The van der Waals surface area contributed by atoms with E-state index in [0.717, 1.165) is 4.90 Å². The number of fused-ring (bicyclic) bond motifs is 1. The van der Waals surface area contributed by atoms with Crippen LogP contribution in [0.25, 0.3) is 0 Å². The van der Waals surface area contributed by atoms with E-state index < -0.39 is 23.6 Å². The summed E-state index contributed by atoms with van der Waals surface area (Å²) >= 11 is 0. The van der Waals surface area contributed by atoms with Gasteiger partial charge in [-0.3, -0.25) is 28.9 Å². The number of nitrogens with zero attached hydrogens (tertiary/aromatic N) is 1. The van der Waals surface area contributed by atoms with Gasteiger partial charge in [0.2, 0.25) is 5.91 Å². The number of methoxy groups -OCH3 is 2. The van der Waals surface area contributed by atoms with Crippen molar-refractivity contribution in [1.29, 1.82) is 0 Å². The molecule has 9 heteroatoms. The lowest BCUT2D eigenvalue weighted by atomic mass is 9.92. The average Bonchev–Trinajstić information content (AvgIpc) is 3.08. The maximum absolute atomic E-state index is 13.2. The van der Waals surface area contributed by atoms with E-state index in [1.807, 2.05) is 0 Å². The number of Topliss-reactive ketones (excluding diaryl/α,β-unsaturated/α-hetero) is 2. The highest BCUT2D eigenvalue weighted by Gasteiger charge is 2.45. The molecule has 1 heterocycles. The Kier molecular flexibility index (Phi) is 6.45. The first-order valence-corrected chi connectivity index (χ1v) is 10.8. The molecule has 0 radical (unpaired) electrons. The molecule has 1 unspecified atom stereocenters. The normalized spacial score (nSPS) is 17.6. The summed E-state index contributed by atoms with van der Waals surface area (Å²) < 4.78 is 10.5. The Balaban J connectivity index is 1.49. The zero-order valence-electron chi connectivity index (χ0n) is 18.9. The van der Waals surface area contributed by atoms with Gasteiger partial charge in [-0.05, 0) is 35.7 Å². The van der Waals surface area contributed by atoms with Crippen molar-refractivity contribution in [3.05, 3.63) is 58.7 Å². The zero-order valence-corrected chi connectivity index (χ0v) is 18.9. The number of carbonyl (C=O) groups excluding carboxylic acids is 5. The monoisotopic (exact) mass is 464 g/mol. The van der Waals surface area contributed by atoms with Gasteiger partial charge in [-0.2, -0.15) is 0 Å². The molecule has 0 spiro atoms. The molecule has 2 aromatic carbocycles. The number of amides is 3. The number of imide groups is 1. The molecule has 0 bridgehead atoms. The van der Waals surface area contributed by atoms with Gasteiger partial charge in [-0.25, -0.2) is 0 Å². The molecule has 0 aromatic heterocycles. The summed E-state index contributed by atoms with van der Waals surface area (Å²) in [6.07, 6.45) is 0.0865. The molecular weight excluding hydrogens is 440 g/mol.